The molecule has 0 saturated carbocycles. The van der Waals surface area contributed by atoms with E-state index in [-0.39, 0.29) is 5.91 Å². The minimum absolute atomic E-state index is 0.0870. The first-order chi connectivity index (χ1) is 11.8. The normalized spacial score (nSPS) is 14.3. The molecule has 0 radical (unpaired) electrons. The molecular formula is C19H13N3O2. The van der Waals surface area contributed by atoms with Crippen molar-refractivity contribution in [2.45, 2.75) is 0 Å². The van der Waals surface area contributed by atoms with E-state index in [0.717, 1.165) is 16.8 Å². The number of ether oxygens (including phenoxy) is 1. The van der Waals surface area contributed by atoms with Gasteiger partial charge in [-0.25, -0.2) is 4.98 Å². The Morgan fingerprint density at radius 3 is 2.62 bits per heavy atom. The summed E-state index contributed by atoms with van der Waals surface area (Å²) in [4.78, 5) is 20.1. The zero-order valence-corrected chi connectivity index (χ0v) is 12.6. The van der Waals surface area contributed by atoms with Crippen LogP contribution in [0.15, 0.2) is 67.1 Å². The van der Waals surface area contributed by atoms with Crippen LogP contribution in [0.25, 0.3) is 11.6 Å². The van der Waals surface area contributed by atoms with Gasteiger partial charge in [0.05, 0.1) is 6.20 Å². The summed E-state index contributed by atoms with van der Waals surface area (Å²) in [6.45, 7) is 0. The SMILES string of the molecule is O=C1Nc2ccccc2/C1=C\c1ccc(Oc2cnccn2)cc1. The summed E-state index contributed by atoms with van der Waals surface area (Å²) < 4.78 is 5.61. The van der Waals surface area contributed by atoms with Crippen LogP contribution < -0.4 is 10.1 Å². The molecule has 1 N–H and O–H groups in total. The molecule has 0 atom stereocenters. The lowest BCUT2D eigenvalue weighted by atomic mass is 10.0. The Morgan fingerprint density at radius 1 is 1.00 bits per heavy atom. The molecule has 4 rings (SSSR count). The molecule has 0 spiro atoms. The van der Waals surface area contributed by atoms with Gasteiger partial charge >= 0.3 is 0 Å². The molecule has 1 aliphatic heterocycles. The van der Waals surface area contributed by atoms with E-state index in [9.17, 15) is 4.79 Å². The van der Waals surface area contributed by atoms with E-state index in [2.05, 4.69) is 15.3 Å². The number of fused-ring (bicyclic) bond motifs is 1. The summed E-state index contributed by atoms with van der Waals surface area (Å²) in [6, 6.07) is 15.1. The summed E-state index contributed by atoms with van der Waals surface area (Å²) in [7, 11) is 0. The highest BCUT2D eigenvalue weighted by molar-refractivity contribution is 6.34. The molecule has 116 valence electrons. The molecule has 24 heavy (non-hydrogen) atoms. The number of anilines is 1. The van der Waals surface area contributed by atoms with Crippen LogP contribution in [0, 0.1) is 0 Å². The van der Waals surface area contributed by atoms with E-state index in [1.165, 1.54) is 0 Å². The van der Waals surface area contributed by atoms with E-state index in [1.54, 1.807) is 18.6 Å². The smallest absolute Gasteiger partial charge is 0.256 e. The van der Waals surface area contributed by atoms with E-state index < -0.39 is 0 Å². The summed E-state index contributed by atoms with van der Waals surface area (Å²) in [5.74, 6) is 1.01. The quantitative estimate of drug-likeness (QED) is 0.747. The van der Waals surface area contributed by atoms with Gasteiger partial charge in [-0.3, -0.25) is 9.78 Å². The van der Waals surface area contributed by atoms with Crippen molar-refractivity contribution in [1.29, 1.82) is 0 Å². The second-order valence-electron chi connectivity index (χ2n) is 5.27. The molecule has 1 aliphatic rings. The van der Waals surface area contributed by atoms with Crippen molar-refractivity contribution < 1.29 is 9.53 Å². The number of carbonyl (C=O) groups is 1. The molecule has 0 unspecified atom stereocenters. The molecule has 1 aromatic heterocycles. The lowest BCUT2D eigenvalue weighted by Crippen LogP contribution is -2.03. The number of para-hydroxylation sites is 1. The summed E-state index contributed by atoms with van der Waals surface area (Å²) in [6.07, 6.45) is 6.58. The number of amides is 1. The highest BCUT2D eigenvalue weighted by Crippen LogP contribution is 2.32. The van der Waals surface area contributed by atoms with Crippen LogP contribution in [0.4, 0.5) is 5.69 Å². The van der Waals surface area contributed by atoms with Crippen molar-refractivity contribution in [2.24, 2.45) is 0 Å². The molecule has 0 bridgehead atoms. The second kappa shape index (κ2) is 5.96. The van der Waals surface area contributed by atoms with Crippen LogP contribution in [0.2, 0.25) is 0 Å². The molecule has 0 saturated heterocycles. The Balaban J connectivity index is 1.59. The third kappa shape index (κ3) is 2.75. The highest BCUT2D eigenvalue weighted by atomic mass is 16.5. The average Bonchev–Trinajstić information content (AvgIpc) is 2.93. The molecule has 5 nitrogen and oxygen atoms in total. The van der Waals surface area contributed by atoms with Crippen molar-refractivity contribution in [2.75, 3.05) is 5.32 Å². The Morgan fingerprint density at radius 2 is 1.83 bits per heavy atom. The van der Waals surface area contributed by atoms with Gasteiger partial charge < -0.3 is 10.1 Å². The molecule has 3 aromatic rings. The minimum atomic E-state index is -0.0870. The van der Waals surface area contributed by atoms with Crippen molar-refractivity contribution in [3.63, 3.8) is 0 Å². The topological polar surface area (TPSA) is 64.1 Å². The zero-order valence-electron chi connectivity index (χ0n) is 12.6. The van der Waals surface area contributed by atoms with Crippen molar-refractivity contribution in [3.8, 4) is 11.6 Å². The molecule has 5 heteroatoms. The van der Waals surface area contributed by atoms with Gasteiger partial charge in [-0.1, -0.05) is 30.3 Å². The highest BCUT2D eigenvalue weighted by Gasteiger charge is 2.23. The first-order valence-electron chi connectivity index (χ1n) is 7.46. The van der Waals surface area contributed by atoms with Gasteiger partial charge in [-0.15, -0.1) is 0 Å². The minimum Gasteiger partial charge on any atom is -0.438 e. The third-order valence-electron chi connectivity index (χ3n) is 3.66. The third-order valence-corrected chi connectivity index (χ3v) is 3.66. The molecule has 2 aromatic carbocycles. The number of hydrogen-bond acceptors (Lipinski definition) is 4. The van der Waals surface area contributed by atoms with Crippen LogP contribution in [-0.4, -0.2) is 15.9 Å². The Labute approximate surface area is 138 Å². The van der Waals surface area contributed by atoms with Gasteiger partial charge in [-0.2, -0.15) is 0 Å². The van der Waals surface area contributed by atoms with Crippen LogP contribution in [0.3, 0.4) is 0 Å². The fourth-order valence-electron chi connectivity index (χ4n) is 2.54. The van der Waals surface area contributed by atoms with Gasteiger partial charge in [0, 0.05) is 29.2 Å². The van der Waals surface area contributed by atoms with E-state index in [4.69, 9.17) is 4.74 Å². The van der Waals surface area contributed by atoms with Crippen LogP contribution in [0.1, 0.15) is 11.1 Å². The summed E-state index contributed by atoms with van der Waals surface area (Å²) in [5, 5.41) is 2.86. The number of hydrogen-bond donors (Lipinski definition) is 1. The maximum absolute atomic E-state index is 12.1. The monoisotopic (exact) mass is 315 g/mol. The fraction of sp³-hybridized carbons (Fsp3) is 0. The number of nitrogens with zero attached hydrogens (tertiary/aromatic N) is 2. The summed E-state index contributed by atoms with van der Waals surface area (Å²) >= 11 is 0. The lowest BCUT2D eigenvalue weighted by molar-refractivity contribution is -0.110. The first-order valence-corrected chi connectivity index (χ1v) is 7.46. The van der Waals surface area contributed by atoms with Gasteiger partial charge in [0.2, 0.25) is 5.88 Å². The van der Waals surface area contributed by atoms with Crippen LogP contribution in [0.5, 0.6) is 11.6 Å². The zero-order chi connectivity index (χ0) is 16.4. The van der Waals surface area contributed by atoms with E-state index in [1.807, 2.05) is 54.6 Å². The van der Waals surface area contributed by atoms with Gasteiger partial charge in [0.1, 0.15) is 5.75 Å². The van der Waals surface area contributed by atoms with Crippen LogP contribution >= 0.6 is 0 Å². The van der Waals surface area contributed by atoms with E-state index >= 15 is 0 Å². The van der Waals surface area contributed by atoms with Crippen molar-refractivity contribution >= 4 is 23.2 Å². The number of nitrogens with one attached hydrogen (secondary N) is 1. The lowest BCUT2D eigenvalue weighted by Gasteiger charge is -2.04. The number of rotatable bonds is 3. The molecule has 0 aliphatic carbocycles. The Hall–Kier alpha value is -3.47. The maximum atomic E-state index is 12.1. The number of aromatic nitrogens is 2. The predicted molar refractivity (Wildman–Crippen MR) is 91.5 cm³/mol. The fourth-order valence-corrected chi connectivity index (χ4v) is 2.54. The van der Waals surface area contributed by atoms with Crippen molar-refractivity contribution in [1.82, 2.24) is 9.97 Å². The van der Waals surface area contributed by atoms with Crippen LogP contribution in [-0.2, 0) is 4.79 Å². The summed E-state index contributed by atoms with van der Waals surface area (Å²) in [5.41, 5.74) is 3.34. The van der Waals surface area contributed by atoms with Gasteiger partial charge in [0.15, 0.2) is 0 Å². The maximum Gasteiger partial charge on any atom is 0.256 e. The van der Waals surface area contributed by atoms with Crippen molar-refractivity contribution in [3.05, 3.63) is 78.2 Å². The molecule has 0 fully saturated rings. The Kier molecular flexibility index (Phi) is 3.51. The Bertz CT molecular complexity index is 919. The average molecular weight is 315 g/mol. The molecule has 2 heterocycles. The van der Waals surface area contributed by atoms with Gasteiger partial charge in [-0.05, 0) is 29.8 Å². The number of benzene rings is 2. The van der Waals surface area contributed by atoms with E-state index in [0.29, 0.717) is 17.2 Å². The number of carbonyl (C=O) groups excluding carboxylic acids is 1. The molecule has 1 amide bonds. The first kappa shape index (κ1) is 14.1. The molecular weight excluding hydrogens is 302 g/mol. The van der Waals surface area contributed by atoms with Gasteiger partial charge in [0.25, 0.3) is 5.91 Å². The predicted octanol–water partition coefficient (Wildman–Crippen LogP) is 3.76. The second-order valence-corrected chi connectivity index (χ2v) is 5.27. The largest absolute Gasteiger partial charge is 0.438 e. The standard InChI is InChI=1S/C19H13N3O2/c23-19-16(15-3-1-2-4-17(15)22-19)11-13-5-7-14(8-6-13)24-18-12-20-9-10-21-18/h1-12H,(H,22,23)/b16-11+.